The number of anilines is 1. The van der Waals surface area contributed by atoms with Gasteiger partial charge in [0.15, 0.2) is 0 Å². The van der Waals surface area contributed by atoms with E-state index in [1.165, 1.54) is 30.2 Å². The first-order valence-corrected chi connectivity index (χ1v) is 5.44. The third kappa shape index (κ3) is 2.00. The van der Waals surface area contributed by atoms with Gasteiger partial charge in [0, 0.05) is 12.6 Å². The fourth-order valence-corrected chi connectivity index (χ4v) is 1.94. The number of nitro groups is 1. The second-order valence-electron chi connectivity index (χ2n) is 4.00. The van der Waals surface area contributed by atoms with Crippen LogP contribution < -0.4 is 15.4 Å². The molecule has 0 aromatic heterocycles. The monoisotopic (exact) mass is 251 g/mol. The minimum atomic E-state index is -0.510. The molecule has 0 bridgehead atoms. The highest BCUT2D eigenvalue weighted by Crippen LogP contribution is 2.34. The summed E-state index contributed by atoms with van der Waals surface area (Å²) in [6.45, 7) is 0.494. The van der Waals surface area contributed by atoms with Crippen molar-refractivity contribution in [3.05, 3.63) is 28.3 Å². The fraction of sp³-hybridized carbons (Fsp3) is 0.364. The number of benzene rings is 1. The summed E-state index contributed by atoms with van der Waals surface area (Å²) in [7, 11) is 1.41. The summed E-state index contributed by atoms with van der Waals surface area (Å²) >= 11 is 0. The van der Waals surface area contributed by atoms with Crippen LogP contribution in [-0.2, 0) is 4.79 Å². The van der Waals surface area contributed by atoms with Crippen LogP contribution in [0.3, 0.4) is 0 Å². The predicted molar refractivity (Wildman–Crippen MR) is 64.6 cm³/mol. The van der Waals surface area contributed by atoms with Crippen molar-refractivity contribution < 1.29 is 14.5 Å². The zero-order valence-electron chi connectivity index (χ0n) is 9.83. The van der Waals surface area contributed by atoms with E-state index in [4.69, 9.17) is 10.5 Å². The SMILES string of the molecule is COc1cc([N+](=O)[O-])ccc1N1CCC(N)C1=O. The molecule has 96 valence electrons. The molecule has 0 radical (unpaired) electrons. The lowest BCUT2D eigenvalue weighted by molar-refractivity contribution is -0.384. The van der Waals surface area contributed by atoms with Crippen molar-refractivity contribution in [2.45, 2.75) is 12.5 Å². The summed E-state index contributed by atoms with van der Waals surface area (Å²) in [5.74, 6) is 0.105. The molecular formula is C11H13N3O4. The normalized spacial score (nSPS) is 19.1. The maximum atomic E-state index is 11.8. The highest BCUT2D eigenvalue weighted by Gasteiger charge is 2.31. The van der Waals surface area contributed by atoms with E-state index in [9.17, 15) is 14.9 Å². The van der Waals surface area contributed by atoms with Gasteiger partial charge in [-0.1, -0.05) is 0 Å². The molecule has 1 atom stereocenters. The average molecular weight is 251 g/mol. The topological polar surface area (TPSA) is 98.7 Å². The van der Waals surface area contributed by atoms with Crippen LogP contribution in [0.5, 0.6) is 5.75 Å². The van der Waals surface area contributed by atoms with Crippen LogP contribution >= 0.6 is 0 Å². The minimum absolute atomic E-state index is 0.0773. The van der Waals surface area contributed by atoms with Crippen molar-refractivity contribution in [3.63, 3.8) is 0 Å². The van der Waals surface area contributed by atoms with Gasteiger partial charge in [-0.2, -0.15) is 0 Å². The highest BCUT2D eigenvalue weighted by atomic mass is 16.6. The summed E-state index contributed by atoms with van der Waals surface area (Å²) in [6.07, 6.45) is 0.568. The van der Waals surface area contributed by atoms with Crippen LogP contribution in [0.25, 0.3) is 0 Å². The summed E-state index contributed by atoms with van der Waals surface area (Å²) in [5.41, 5.74) is 6.07. The lowest BCUT2D eigenvalue weighted by atomic mass is 10.2. The van der Waals surface area contributed by atoms with Gasteiger partial charge in [-0.25, -0.2) is 0 Å². The van der Waals surface area contributed by atoms with E-state index < -0.39 is 11.0 Å². The van der Waals surface area contributed by atoms with Gasteiger partial charge in [0.05, 0.1) is 29.8 Å². The molecule has 7 nitrogen and oxygen atoms in total. The number of nitrogens with zero attached hydrogens (tertiary/aromatic N) is 2. The predicted octanol–water partition coefficient (Wildman–Crippen LogP) is 0.667. The van der Waals surface area contributed by atoms with E-state index in [-0.39, 0.29) is 11.6 Å². The maximum Gasteiger partial charge on any atom is 0.273 e. The third-order valence-corrected chi connectivity index (χ3v) is 2.91. The molecule has 1 unspecified atom stereocenters. The fourth-order valence-electron chi connectivity index (χ4n) is 1.94. The Morgan fingerprint density at radius 2 is 2.28 bits per heavy atom. The molecule has 1 fully saturated rings. The molecule has 2 N–H and O–H groups in total. The quantitative estimate of drug-likeness (QED) is 0.628. The zero-order valence-corrected chi connectivity index (χ0v) is 9.83. The second kappa shape index (κ2) is 4.61. The molecule has 1 aliphatic heterocycles. The number of ether oxygens (including phenoxy) is 1. The number of carbonyl (C=O) groups is 1. The molecule has 1 aromatic carbocycles. The first-order valence-electron chi connectivity index (χ1n) is 5.44. The van der Waals surface area contributed by atoms with E-state index >= 15 is 0 Å². The van der Waals surface area contributed by atoms with Gasteiger partial charge in [-0.05, 0) is 12.5 Å². The minimum Gasteiger partial charge on any atom is -0.494 e. The summed E-state index contributed by atoms with van der Waals surface area (Å²) in [4.78, 5) is 23.5. The van der Waals surface area contributed by atoms with Gasteiger partial charge in [-0.3, -0.25) is 14.9 Å². The molecule has 0 aliphatic carbocycles. The van der Waals surface area contributed by atoms with E-state index in [0.717, 1.165) is 0 Å². The number of nitro benzene ring substituents is 1. The molecule has 1 heterocycles. The van der Waals surface area contributed by atoms with Crippen LogP contribution in [-0.4, -0.2) is 30.5 Å². The number of amides is 1. The van der Waals surface area contributed by atoms with Crippen molar-refractivity contribution in [2.75, 3.05) is 18.6 Å². The van der Waals surface area contributed by atoms with E-state index in [1.807, 2.05) is 0 Å². The maximum absolute atomic E-state index is 11.8. The van der Waals surface area contributed by atoms with Crippen LogP contribution in [0.15, 0.2) is 18.2 Å². The average Bonchev–Trinajstić information content (AvgIpc) is 2.69. The second-order valence-corrected chi connectivity index (χ2v) is 4.00. The van der Waals surface area contributed by atoms with Crippen molar-refractivity contribution in [1.29, 1.82) is 0 Å². The molecule has 7 heteroatoms. The first kappa shape index (κ1) is 12.3. The number of hydrogen-bond donors (Lipinski definition) is 1. The Morgan fingerprint density at radius 3 is 2.78 bits per heavy atom. The van der Waals surface area contributed by atoms with Crippen LogP contribution in [0.1, 0.15) is 6.42 Å². The van der Waals surface area contributed by atoms with Crippen LogP contribution in [0.2, 0.25) is 0 Å². The smallest absolute Gasteiger partial charge is 0.273 e. The molecule has 2 rings (SSSR count). The van der Waals surface area contributed by atoms with Gasteiger partial charge in [0.25, 0.3) is 5.69 Å². The van der Waals surface area contributed by atoms with E-state index in [1.54, 1.807) is 0 Å². The van der Waals surface area contributed by atoms with E-state index in [0.29, 0.717) is 24.4 Å². The molecule has 1 aliphatic rings. The van der Waals surface area contributed by atoms with Gasteiger partial charge in [-0.15, -0.1) is 0 Å². The Kier molecular flexibility index (Phi) is 3.15. The summed E-state index contributed by atoms with van der Waals surface area (Å²) < 4.78 is 5.09. The number of methoxy groups -OCH3 is 1. The molecule has 18 heavy (non-hydrogen) atoms. The lowest BCUT2D eigenvalue weighted by Gasteiger charge is -2.18. The first-order chi connectivity index (χ1) is 8.54. The standard InChI is InChI=1S/C11H13N3O4/c1-18-10-6-7(14(16)17)2-3-9(10)13-5-4-8(12)11(13)15/h2-3,6,8H,4-5,12H2,1H3. The Balaban J connectivity index is 2.39. The number of hydrogen-bond acceptors (Lipinski definition) is 5. The molecule has 1 saturated heterocycles. The van der Waals surface area contributed by atoms with Crippen molar-refractivity contribution in [3.8, 4) is 5.75 Å². The summed E-state index contributed by atoms with van der Waals surface area (Å²) in [5, 5.41) is 10.7. The Bertz CT molecular complexity index is 503. The summed E-state index contributed by atoms with van der Waals surface area (Å²) in [6, 6.07) is 3.64. The number of nitrogens with two attached hydrogens (primary N) is 1. The molecule has 0 spiro atoms. The molecular weight excluding hydrogens is 238 g/mol. The zero-order chi connectivity index (χ0) is 13.3. The van der Waals surface area contributed by atoms with Crippen LogP contribution in [0.4, 0.5) is 11.4 Å². The van der Waals surface area contributed by atoms with Crippen LogP contribution in [0, 0.1) is 10.1 Å². The van der Waals surface area contributed by atoms with Crippen molar-refractivity contribution >= 4 is 17.3 Å². The molecule has 1 amide bonds. The largest absolute Gasteiger partial charge is 0.494 e. The molecule has 0 saturated carbocycles. The Morgan fingerprint density at radius 1 is 1.56 bits per heavy atom. The van der Waals surface area contributed by atoms with Gasteiger partial charge in [0.2, 0.25) is 5.91 Å². The highest BCUT2D eigenvalue weighted by molar-refractivity contribution is 6.00. The van der Waals surface area contributed by atoms with Gasteiger partial charge < -0.3 is 15.4 Å². The van der Waals surface area contributed by atoms with Gasteiger partial charge in [0.1, 0.15) is 5.75 Å². The lowest BCUT2D eigenvalue weighted by Crippen LogP contribution is -2.34. The van der Waals surface area contributed by atoms with E-state index in [2.05, 4.69) is 0 Å². The van der Waals surface area contributed by atoms with Gasteiger partial charge >= 0.3 is 0 Å². The number of rotatable bonds is 3. The number of carbonyl (C=O) groups excluding carboxylic acids is 1. The Hall–Kier alpha value is -2.15. The Labute approximate surface area is 103 Å². The van der Waals surface area contributed by atoms with Crippen molar-refractivity contribution in [2.24, 2.45) is 5.73 Å². The number of non-ortho nitro benzene ring substituents is 1. The van der Waals surface area contributed by atoms with Crippen molar-refractivity contribution in [1.82, 2.24) is 0 Å². The molecule has 1 aromatic rings. The third-order valence-electron chi connectivity index (χ3n) is 2.91.